The molecule has 3 aromatic heterocycles. The number of aryl methyl sites for hydroxylation is 1. The van der Waals surface area contributed by atoms with Crippen LogP contribution in [0, 0.1) is 0 Å². The molecule has 4 aromatic rings. The van der Waals surface area contributed by atoms with Crippen LogP contribution in [0.4, 0.5) is 0 Å². The molecule has 5 rings (SSSR count). The summed E-state index contributed by atoms with van der Waals surface area (Å²) in [5.41, 5.74) is 2.88. The largest absolute Gasteiger partial charge is 0.293 e. The Morgan fingerprint density at radius 3 is 2.96 bits per heavy atom. The highest BCUT2D eigenvalue weighted by atomic mass is 35.5. The maximum atomic E-state index is 12.5. The van der Waals surface area contributed by atoms with Crippen LogP contribution in [0.25, 0.3) is 15.9 Å². The molecule has 1 unspecified atom stereocenters. The second kappa shape index (κ2) is 7.13. The van der Waals surface area contributed by atoms with Crippen molar-refractivity contribution in [3.63, 3.8) is 0 Å². The third-order valence-corrected chi connectivity index (χ3v) is 7.58. The number of hydrogen-bond donors (Lipinski definition) is 0. The minimum atomic E-state index is 0.0361. The summed E-state index contributed by atoms with van der Waals surface area (Å²) < 4.78 is 1.91. The zero-order valence-corrected chi connectivity index (χ0v) is 17.6. The number of hydrogen-bond acceptors (Lipinski definition) is 6. The van der Waals surface area contributed by atoms with Crippen LogP contribution >= 0.6 is 34.7 Å². The van der Waals surface area contributed by atoms with Crippen LogP contribution < -0.4 is 0 Å². The van der Waals surface area contributed by atoms with Crippen molar-refractivity contribution in [2.45, 2.75) is 37.3 Å². The summed E-state index contributed by atoms with van der Waals surface area (Å²) >= 11 is 9.06. The Labute approximate surface area is 175 Å². The van der Waals surface area contributed by atoms with Gasteiger partial charge in [0.15, 0.2) is 16.6 Å². The van der Waals surface area contributed by atoms with Crippen LogP contribution in [0.1, 0.15) is 46.5 Å². The average Bonchev–Trinajstić information content (AvgIpc) is 3.28. The zero-order valence-electron chi connectivity index (χ0n) is 15.2. The van der Waals surface area contributed by atoms with E-state index in [0.717, 1.165) is 22.3 Å². The quantitative estimate of drug-likeness (QED) is 0.321. The van der Waals surface area contributed by atoms with Crippen LogP contribution in [0.3, 0.4) is 0 Å². The number of fused-ring (bicyclic) bond motifs is 5. The van der Waals surface area contributed by atoms with Crippen molar-refractivity contribution in [3.05, 3.63) is 51.6 Å². The Hall–Kier alpha value is -1.96. The topological polar surface area (TPSA) is 60.2 Å². The van der Waals surface area contributed by atoms with Crippen molar-refractivity contribution in [2.24, 2.45) is 0 Å². The first-order valence-corrected chi connectivity index (χ1v) is 11.4. The number of carbonyl (C=O) groups excluding carboxylic acids is 1. The molecular weight excluding hydrogens is 412 g/mol. The number of ketones is 1. The van der Waals surface area contributed by atoms with Crippen molar-refractivity contribution in [1.82, 2.24) is 19.6 Å². The lowest BCUT2D eigenvalue weighted by atomic mass is 9.87. The van der Waals surface area contributed by atoms with E-state index in [9.17, 15) is 4.79 Å². The first-order valence-electron chi connectivity index (χ1n) is 9.18. The van der Waals surface area contributed by atoms with Gasteiger partial charge < -0.3 is 0 Å². The summed E-state index contributed by atoms with van der Waals surface area (Å²) in [4.78, 5) is 19.6. The summed E-state index contributed by atoms with van der Waals surface area (Å²) in [6, 6.07) is 6.95. The number of nitrogens with zero attached hydrogens (tertiary/aromatic N) is 4. The van der Waals surface area contributed by atoms with Crippen molar-refractivity contribution in [3.8, 4) is 0 Å². The number of aromatic nitrogens is 4. The summed E-state index contributed by atoms with van der Waals surface area (Å²) in [6.07, 6.45) is 5.33. The predicted molar refractivity (Wildman–Crippen MR) is 114 cm³/mol. The molecule has 0 amide bonds. The Morgan fingerprint density at radius 2 is 2.14 bits per heavy atom. The molecule has 0 saturated heterocycles. The maximum Gasteiger partial charge on any atom is 0.197 e. The highest BCUT2D eigenvalue weighted by molar-refractivity contribution is 7.99. The zero-order chi connectivity index (χ0) is 19.3. The van der Waals surface area contributed by atoms with E-state index in [0.29, 0.717) is 27.4 Å². The third-order valence-electron chi connectivity index (χ3n) is 5.21. The molecule has 0 fully saturated rings. The van der Waals surface area contributed by atoms with Gasteiger partial charge in [0.1, 0.15) is 11.2 Å². The molecule has 0 bridgehead atoms. The van der Waals surface area contributed by atoms with Crippen molar-refractivity contribution in [1.29, 1.82) is 0 Å². The normalized spacial score (nSPS) is 16.6. The smallest absolute Gasteiger partial charge is 0.197 e. The molecule has 5 nitrogen and oxygen atoms in total. The summed E-state index contributed by atoms with van der Waals surface area (Å²) in [5.74, 6) is 0.845. The maximum absolute atomic E-state index is 12.5. The SMILES string of the molecule is CC1CCCc2sc3ncn4c(SCC(=O)c5ccc(Cl)cc5)nnc4c3c21. The highest BCUT2D eigenvalue weighted by Crippen LogP contribution is 2.42. The van der Waals surface area contributed by atoms with Gasteiger partial charge in [-0.3, -0.25) is 9.20 Å². The van der Waals surface area contributed by atoms with Crippen molar-refractivity contribution >= 4 is 56.3 Å². The van der Waals surface area contributed by atoms with E-state index in [1.165, 1.54) is 35.0 Å². The molecule has 1 aliphatic carbocycles. The lowest BCUT2D eigenvalue weighted by molar-refractivity contribution is 0.102. The Morgan fingerprint density at radius 1 is 1.32 bits per heavy atom. The number of thiophene rings is 1. The first kappa shape index (κ1) is 18.1. The third kappa shape index (κ3) is 3.02. The van der Waals surface area contributed by atoms with Gasteiger partial charge in [-0.1, -0.05) is 30.3 Å². The van der Waals surface area contributed by atoms with Crippen molar-refractivity contribution in [2.75, 3.05) is 5.75 Å². The first-order chi connectivity index (χ1) is 13.6. The van der Waals surface area contributed by atoms with E-state index in [4.69, 9.17) is 11.6 Å². The van der Waals surface area contributed by atoms with Crippen molar-refractivity contribution < 1.29 is 4.79 Å². The van der Waals surface area contributed by atoms with Gasteiger partial charge in [0.25, 0.3) is 0 Å². The highest BCUT2D eigenvalue weighted by Gasteiger charge is 2.25. The molecule has 1 aromatic carbocycles. The minimum Gasteiger partial charge on any atom is -0.293 e. The average molecular weight is 429 g/mol. The molecule has 1 atom stereocenters. The molecule has 0 aliphatic heterocycles. The van der Waals surface area contributed by atoms with E-state index in [1.807, 2.05) is 4.40 Å². The fraction of sp³-hybridized carbons (Fsp3) is 0.300. The lowest BCUT2D eigenvalue weighted by Crippen LogP contribution is -2.04. The number of benzene rings is 1. The molecule has 0 spiro atoms. The number of halogens is 1. The van der Waals surface area contributed by atoms with Gasteiger partial charge in [-0.05, 0) is 55.0 Å². The van der Waals surface area contributed by atoms with E-state index in [-0.39, 0.29) is 5.78 Å². The van der Waals surface area contributed by atoms with Crippen LogP contribution in [0.2, 0.25) is 5.02 Å². The van der Waals surface area contributed by atoms with Gasteiger partial charge in [0.2, 0.25) is 0 Å². The molecular formula is C20H17ClN4OS2. The Kier molecular flexibility index (Phi) is 4.61. The second-order valence-electron chi connectivity index (χ2n) is 7.05. The number of rotatable bonds is 4. The molecule has 28 heavy (non-hydrogen) atoms. The van der Waals surface area contributed by atoms with E-state index >= 15 is 0 Å². The molecule has 8 heteroatoms. The fourth-order valence-electron chi connectivity index (χ4n) is 3.81. The fourth-order valence-corrected chi connectivity index (χ4v) is 6.03. The molecule has 0 saturated carbocycles. The van der Waals surface area contributed by atoms with Crippen LogP contribution in [-0.4, -0.2) is 31.1 Å². The van der Waals surface area contributed by atoms with Gasteiger partial charge >= 0.3 is 0 Å². The molecule has 1 aliphatic rings. The summed E-state index contributed by atoms with van der Waals surface area (Å²) in [7, 11) is 0. The molecule has 0 radical (unpaired) electrons. The van der Waals surface area contributed by atoms with Gasteiger partial charge in [-0.15, -0.1) is 21.5 Å². The van der Waals surface area contributed by atoms with E-state index in [2.05, 4.69) is 22.1 Å². The van der Waals surface area contributed by atoms with Gasteiger partial charge in [-0.2, -0.15) is 0 Å². The van der Waals surface area contributed by atoms with Gasteiger partial charge in [0, 0.05) is 15.5 Å². The van der Waals surface area contributed by atoms with E-state index in [1.54, 1.807) is 41.9 Å². The molecule has 3 heterocycles. The standard InChI is InChI=1S/C20H17ClN4OS2/c1-11-3-2-4-15-16(11)17-18-23-24-20(25(18)10-22-19(17)28-15)27-9-14(26)12-5-7-13(21)8-6-12/h5-8,10-11H,2-4,9H2,1H3. The molecule has 142 valence electrons. The number of carbonyl (C=O) groups is 1. The Balaban J connectivity index is 1.48. The lowest BCUT2D eigenvalue weighted by Gasteiger charge is -2.18. The van der Waals surface area contributed by atoms with Gasteiger partial charge in [0.05, 0.1) is 11.1 Å². The van der Waals surface area contributed by atoms with E-state index < -0.39 is 0 Å². The monoisotopic (exact) mass is 428 g/mol. The van der Waals surface area contributed by atoms with Gasteiger partial charge in [-0.25, -0.2) is 4.98 Å². The second-order valence-corrected chi connectivity index (χ2v) is 9.51. The summed E-state index contributed by atoms with van der Waals surface area (Å²) in [5, 5.41) is 11.2. The Bertz CT molecular complexity index is 1200. The molecule has 0 N–H and O–H groups in total. The van der Waals surface area contributed by atoms with Crippen LogP contribution in [0.5, 0.6) is 0 Å². The summed E-state index contributed by atoms with van der Waals surface area (Å²) in [6.45, 7) is 2.28. The number of thioether (sulfide) groups is 1. The minimum absolute atomic E-state index is 0.0361. The number of Topliss-reactive ketones (excluding diaryl/α,β-unsaturated/α-hetero) is 1. The van der Waals surface area contributed by atoms with Crippen LogP contribution in [-0.2, 0) is 6.42 Å². The van der Waals surface area contributed by atoms with Crippen LogP contribution in [0.15, 0.2) is 35.7 Å². The predicted octanol–water partition coefficient (Wildman–Crippen LogP) is 5.41.